The first-order valence-corrected chi connectivity index (χ1v) is 6.72. The Morgan fingerprint density at radius 2 is 1.94 bits per heavy atom. The van der Waals surface area contributed by atoms with Crippen molar-refractivity contribution in [2.24, 2.45) is 0 Å². The van der Waals surface area contributed by atoms with Gasteiger partial charge in [-0.25, -0.2) is 9.97 Å². The van der Waals surface area contributed by atoms with Crippen LogP contribution in [-0.2, 0) is 12.8 Å². The van der Waals surface area contributed by atoms with Crippen LogP contribution in [0.1, 0.15) is 23.2 Å². The van der Waals surface area contributed by atoms with Gasteiger partial charge in [0.1, 0.15) is 5.15 Å². The molecule has 1 aromatic carbocycles. The Hall–Kier alpha value is -1.12. The van der Waals surface area contributed by atoms with Crippen LogP contribution in [0, 0.1) is 6.92 Å². The number of halogens is 2. The molecule has 92 valence electrons. The molecule has 2 aromatic rings. The van der Waals surface area contributed by atoms with Gasteiger partial charge >= 0.3 is 0 Å². The minimum Gasteiger partial charge on any atom is -0.233 e. The lowest BCUT2D eigenvalue weighted by atomic mass is 10.1. The average Bonchev–Trinajstić information content (AvgIpc) is 2.81. The zero-order chi connectivity index (χ0) is 12.7. The van der Waals surface area contributed by atoms with Crippen molar-refractivity contribution >= 4 is 23.2 Å². The maximum Gasteiger partial charge on any atom is 0.161 e. The standard InChI is InChI=1S/C14H12Cl2N2/c1-8-5-6-9(7-11(8)15)14-17-12-4-2-3-10(12)13(16)18-14/h5-7H,2-4H2,1H3. The van der Waals surface area contributed by atoms with Crippen LogP contribution in [0.5, 0.6) is 0 Å². The normalized spacial score (nSPS) is 13.7. The van der Waals surface area contributed by atoms with Crippen LogP contribution in [0.2, 0.25) is 10.2 Å². The monoisotopic (exact) mass is 278 g/mol. The maximum absolute atomic E-state index is 6.21. The zero-order valence-electron chi connectivity index (χ0n) is 10.0. The number of rotatable bonds is 1. The van der Waals surface area contributed by atoms with Crippen LogP contribution in [0.4, 0.5) is 0 Å². The third-order valence-corrected chi connectivity index (χ3v) is 4.03. The molecule has 0 fully saturated rings. The van der Waals surface area contributed by atoms with E-state index in [2.05, 4.69) is 9.97 Å². The summed E-state index contributed by atoms with van der Waals surface area (Å²) in [6.07, 6.45) is 3.09. The second kappa shape index (κ2) is 4.52. The number of nitrogens with zero attached hydrogens (tertiary/aromatic N) is 2. The molecule has 3 rings (SSSR count). The topological polar surface area (TPSA) is 25.8 Å². The Morgan fingerprint density at radius 1 is 1.11 bits per heavy atom. The van der Waals surface area contributed by atoms with E-state index in [1.54, 1.807) is 0 Å². The Morgan fingerprint density at radius 3 is 2.72 bits per heavy atom. The van der Waals surface area contributed by atoms with Crippen LogP contribution < -0.4 is 0 Å². The number of hydrogen-bond acceptors (Lipinski definition) is 2. The molecule has 1 aromatic heterocycles. The van der Waals surface area contributed by atoms with Crippen molar-refractivity contribution in [2.75, 3.05) is 0 Å². The fraction of sp³-hybridized carbons (Fsp3) is 0.286. The molecule has 1 heterocycles. The summed E-state index contributed by atoms with van der Waals surface area (Å²) in [6, 6.07) is 5.85. The van der Waals surface area contributed by atoms with Gasteiger partial charge in [-0.3, -0.25) is 0 Å². The quantitative estimate of drug-likeness (QED) is 0.729. The molecule has 0 spiro atoms. The molecule has 0 saturated carbocycles. The predicted molar refractivity (Wildman–Crippen MR) is 74.3 cm³/mol. The first-order chi connectivity index (χ1) is 8.65. The van der Waals surface area contributed by atoms with Crippen LogP contribution in [0.15, 0.2) is 18.2 Å². The summed E-state index contributed by atoms with van der Waals surface area (Å²) in [5, 5.41) is 1.32. The number of hydrogen-bond donors (Lipinski definition) is 0. The minimum atomic E-state index is 0.587. The Kier molecular flexibility index (Phi) is 3.00. The fourth-order valence-corrected chi connectivity index (χ4v) is 2.71. The van der Waals surface area contributed by atoms with Crippen molar-refractivity contribution in [1.29, 1.82) is 0 Å². The van der Waals surface area contributed by atoms with Gasteiger partial charge in [0, 0.05) is 21.8 Å². The highest BCUT2D eigenvalue weighted by Crippen LogP contribution is 2.30. The smallest absolute Gasteiger partial charge is 0.161 e. The molecule has 0 unspecified atom stereocenters. The van der Waals surface area contributed by atoms with E-state index in [0.29, 0.717) is 11.0 Å². The molecule has 0 amide bonds. The minimum absolute atomic E-state index is 0.587. The van der Waals surface area contributed by atoms with Crippen LogP contribution in [-0.4, -0.2) is 9.97 Å². The van der Waals surface area contributed by atoms with E-state index in [0.717, 1.165) is 46.7 Å². The molecule has 1 aliphatic rings. The summed E-state index contributed by atoms with van der Waals surface area (Å²) in [5.41, 5.74) is 4.16. The van der Waals surface area contributed by atoms with Crippen molar-refractivity contribution in [1.82, 2.24) is 9.97 Å². The SMILES string of the molecule is Cc1ccc(-c2nc(Cl)c3c(n2)CCC3)cc1Cl. The number of fused-ring (bicyclic) bond motifs is 1. The number of aromatic nitrogens is 2. The number of benzene rings is 1. The van der Waals surface area contributed by atoms with Crippen LogP contribution in [0.25, 0.3) is 11.4 Å². The molecule has 0 radical (unpaired) electrons. The molecule has 2 nitrogen and oxygen atoms in total. The number of aryl methyl sites for hydroxylation is 2. The van der Waals surface area contributed by atoms with E-state index in [4.69, 9.17) is 23.2 Å². The van der Waals surface area contributed by atoms with Crippen molar-refractivity contribution in [3.05, 3.63) is 45.2 Å². The van der Waals surface area contributed by atoms with Crippen molar-refractivity contribution < 1.29 is 0 Å². The third kappa shape index (κ3) is 2.00. The summed E-state index contributed by atoms with van der Waals surface area (Å²) in [5.74, 6) is 0.669. The molecule has 0 N–H and O–H groups in total. The van der Waals surface area contributed by atoms with E-state index < -0.39 is 0 Å². The second-order valence-corrected chi connectivity index (χ2v) is 5.35. The summed E-state index contributed by atoms with van der Waals surface area (Å²) in [7, 11) is 0. The molecule has 18 heavy (non-hydrogen) atoms. The molecule has 0 aliphatic heterocycles. The highest BCUT2D eigenvalue weighted by molar-refractivity contribution is 6.31. The van der Waals surface area contributed by atoms with E-state index in [1.807, 2.05) is 25.1 Å². The van der Waals surface area contributed by atoms with E-state index in [9.17, 15) is 0 Å². The van der Waals surface area contributed by atoms with Gasteiger partial charge in [-0.05, 0) is 37.8 Å². The van der Waals surface area contributed by atoms with Gasteiger partial charge in [-0.1, -0.05) is 35.3 Å². The summed E-state index contributed by atoms with van der Waals surface area (Å²) in [6.45, 7) is 1.97. The van der Waals surface area contributed by atoms with Crippen molar-refractivity contribution in [2.45, 2.75) is 26.2 Å². The molecule has 1 aliphatic carbocycles. The van der Waals surface area contributed by atoms with E-state index in [-0.39, 0.29) is 0 Å². The van der Waals surface area contributed by atoms with Gasteiger partial charge in [0.2, 0.25) is 0 Å². The maximum atomic E-state index is 6.21. The lowest BCUT2D eigenvalue weighted by molar-refractivity contribution is 0.900. The lowest BCUT2D eigenvalue weighted by Gasteiger charge is -2.07. The predicted octanol–water partition coefficient (Wildman–Crippen LogP) is 4.25. The van der Waals surface area contributed by atoms with E-state index in [1.165, 1.54) is 0 Å². The van der Waals surface area contributed by atoms with Gasteiger partial charge in [0.25, 0.3) is 0 Å². The molecule has 0 bridgehead atoms. The first kappa shape index (κ1) is 11.9. The van der Waals surface area contributed by atoms with Crippen molar-refractivity contribution in [3.8, 4) is 11.4 Å². The second-order valence-electron chi connectivity index (χ2n) is 4.58. The zero-order valence-corrected chi connectivity index (χ0v) is 11.5. The summed E-state index contributed by atoms with van der Waals surface area (Å²) in [4.78, 5) is 8.98. The van der Waals surface area contributed by atoms with Crippen LogP contribution in [0.3, 0.4) is 0 Å². The largest absolute Gasteiger partial charge is 0.233 e. The van der Waals surface area contributed by atoms with Crippen LogP contribution >= 0.6 is 23.2 Å². The van der Waals surface area contributed by atoms with Gasteiger partial charge in [-0.15, -0.1) is 0 Å². The first-order valence-electron chi connectivity index (χ1n) is 5.97. The summed E-state index contributed by atoms with van der Waals surface area (Å²) < 4.78 is 0. The molecular weight excluding hydrogens is 267 g/mol. The third-order valence-electron chi connectivity index (χ3n) is 3.31. The van der Waals surface area contributed by atoms with E-state index >= 15 is 0 Å². The molecular formula is C14H12Cl2N2. The highest BCUT2D eigenvalue weighted by Gasteiger charge is 2.18. The molecule has 0 saturated heterocycles. The average molecular weight is 279 g/mol. The Bertz CT molecular complexity index is 623. The Labute approximate surface area is 116 Å². The molecule has 0 atom stereocenters. The lowest BCUT2D eigenvalue weighted by Crippen LogP contribution is -1.97. The summed E-state index contributed by atoms with van der Waals surface area (Å²) >= 11 is 12.3. The van der Waals surface area contributed by atoms with Gasteiger partial charge in [-0.2, -0.15) is 0 Å². The fourth-order valence-electron chi connectivity index (χ4n) is 2.25. The molecule has 4 heteroatoms. The van der Waals surface area contributed by atoms with Gasteiger partial charge in [0.15, 0.2) is 5.82 Å². The van der Waals surface area contributed by atoms with Gasteiger partial charge in [0.05, 0.1) is 0 Å². The van der Waals surface area contributed by atoms with Crippen molar-refractivity contribution in [3.63, 3.8) is 0 Å². The Balaban J connectivity index is 2.12. The van der Waals surface area contributed by atoms with Gasteiger partial charge < -0.3 is 0 Å². The highest BCUT2D eigenvalue weighted by atomic mass is 35.5.